The summed E-state index contributed by atoms with van der Waals surface area (Å²) in [6, 6.07) is 13.4. The Morgan fingerprint density at radius 1 is 1.25 bits per heavy atom. The van der Waals surface area contributed by atoms with E-state index in [2.05, 4.69) is 26.2 Å². The maximum atomic E-state index is 8.89. The molecular formula is C12H8BrN3. The summed E-state index contributed by atoms with van der Waals surface area (Å²) < 4.78 is 0.986. The van der Waals surface area contributed by atoms with Gasteiger partial charge in [-0.05, 0) is 30.3 Å². The zero-order chi connectivity index (χ0) is 11.4. The maximum Gasteiger partial charge on any atom is 0.163 e. The van der Waals surface area contributed by atoms with Crippen LogP contribution in [0.2, 0.25) is 0 Å². The van der Waals surface area contributed by atoms with E-state index in [1.807, 2.05) is 36.4 Å². The van der Waals surface area contributed by atoms with Crippen LogP contribution in [0.4, 0.5) is 11.4 Å². The zero-order valence-corrected chi connectivity index (χ0v) is 9.90. The normalized spacial score (nSPS) is 9.50. The van der Waals surface area contributed by atoms with Crippen molar-refractivity contribution in [1.82, 2.24) is 4.98 Å². The predicted molar refractivity (Wildman–Crippen MR) is 66.4 cm³/mol. The number of pyridine rings is 1. The molecule has 0 atom stereocenters. The van der Waals surface area contributed by atoms with Crippen LogP contribution in [0, 0.1) is 11.3 Å². The molecule has 0 amide bonds. The van der Waals surface area contributed by atoms with Gasteiger partial charge in [0.1, 0.15) is 6.07 Å². The average Bonchev–Trinajstić information content (AvgIpc) is 2.30. The highest BCUT2D eigenvalue weighted by molar-refractivity contribution is 9.10. The molecule has 78 valence electrons. The molecule has 0 radical (unpaired) electrons. The molecule has 16 heavy (non-hydrogen) atoms. The van der Waals surface area contributed by atoms with Gasteiger partial charge >= 0.3 is 0 Å². The van der Waals surface area contributed by atoms with Gasteiger partial charge in [-0.3, -0.25) is 0 Å². The molecule has 0 spiro atoms. The Bertz CT molecular complexity index is 546. The number of nitrogens with one attached hydrogen (secondary N) is 1. The Kier molecular flexibility index (Phi) is 3.18. The first-order valence-electron chi connectivity index (χ1n) is 4.67. The number of aromatic nitrogens is 1. The van der Waals surface area contributed by atoms with Gasteiger partial charge in [0.2, 0.25) is 0 Å². The predicted octanol–water partition coefficient (Wildman–Crippen LogP) is 3.46. The van der Waals surface area contributed by atoms with Crippen molar-refractivity contribution in [2.24, 2.45) is 0 Å². The third kappa shape index (κ3) is 2.38. The van der Waals surface area contributed by atoms with Crippen LogP contribution in [0.5, 0.6) is 0 Å². The maximum absolute atomic E-state index is 8.89. The Hall–Kier alpha value is -1.86. The molecule has 1 N–H and O–H groups in total. The molecule has 0 aliphatic carbocycles. The SMILES string of the molecule is N#Cc1ncccc1Nc1cccc(Br)c1. The van der Waals surface area contributed by atoms with Gasteiger partial charge in [0, 0.05) is 16.4 Å². The summed E-state index contributed by atoms with van der Waals surface area (Å²) >= 11 is 3.39. The summed E-state index contributed by atoms with van der Waals surface area (Å²) in [5.41, 5.74) is 2.02. The minimum absolute atomic E-state index is 0.391. The number of anilines is 2. The van der Waals surface area contributed by atoms with E-state index in [1.165, 1.54) is 0 Å². The van der Waals surface area contributed by atoms with Crippen LogP contribution < -0.4 is 5.32 Å². The Balaban J connectivity index is 2.31. The summed E-state index contributed by atoms with van der Waals surface area (Å²) in [5.74, 6) is 0. The minimum atomic E-state index is 0.391. The molecule has 0 saturated heterocycles. The largest absolute Gasteiger partial charge is 0.353 e. The van der Waals surface area contributed by atoms with E-state index in [9.17, 15) is 0 Å². The second-order valence-corrected chi connectivity index (χ2v) is 4.06. The summed E-state index contributed by atoms with van der Waals surface area (Å²) in [6.45, 7) is 0. The molecule has 3 nitrogen and oxygen atoms in total. The summed E-state index contributed by atoms with van der Waals surface area (Å²) in [7, 11) is 0. The van der Waals surface area contributed by atoms with Gasteiger partial charge in [0.15, 0.2) is 5.69 Å². The first-order valence-corrected chi connectivity index (χ1v) is 5.46. The number of benzene rings is 1. The second kappa shape index (κ2) is 4.77. The molecule has 1 heterocycles. The van der Waals surface area contributed by atoms with E-state index in [1.54, 1.807) is 12.3 Å². The standard InChI is InChI=1S/C12H8BrN3/c13-9-3-1-4-10(7-9)16-11-5-2-6-15-12(11)8-14/h1-7,16H. The van der Waals surface area contributed by atoms with Gasteiger partial charge in [0.25, 0.3) is 0 Å². The third-order valence-electron chi connectivity index (χ3n) is 2.02. The fourth-order valence-electron chi connectivity index (χ4n) is 1.32. The Morgan fingerprint density at radius 3 is 2.88 bits per heavy atom. The van der Waals surface area contributed by atoms with Gasteiger partial charge in [-0.2, -0.15) is 5.26 Å². The van der Waals surface area contributed by atoms with Crippen molar-refractivity contribution in [1.29, 1.82) is 5.26 Å². The zero-order valence-electron chi connectivity index (χ0n) is 8.31. The topological polar surface area (TPSA) is 48.7 Å². The molecule has 2 aromatic rings. The highest BCUT2D eigenvalue weighted by atomic mass is 79.9. The van der Waals surface area contributed by atoms with Crippen molar-refractivity contribution in [3.63, 3.8) is 0 Å². The van der Waals surface area contributed by atoms with Crippen molar-refractivity contribution in [3.05, 3.63) is 52.8 Å². The van der Waals surface area contributed by atoms with Gasteiger partial charge in [-0.25, -0.2) is 4.98 Å². The van der Waals surface area contributed by atoms with Crippen LogP contribution in [-0.2, 0) is 0 Å². The van der Waals surface area contributed by atoms with Crippen LogP contribution in [0.3, 0.4) is 0 Å². The number of hydrogen-bond donors (Lipinski definition) is 1. The summed E-state index contributed by atoms with van der Waals surface area (Å²) in [6.07, 6.45) is 1.60. The second-order valence-electron chi connectivity index (χ2n) is 3.15. The highest BCUT2D eigenvalue weighted by Gasteiger charge is 2.02. The lowest BCUT2D eigenvalue weighted by Gasteiger charge is -2.07. The van der Waals surface area contributed by atoms with Gasteiger partial charge in [-0.1, -0.05) is 22.0 Å². The summed E-state index contributed by atoms with van der Waals surface area (Å²) in [4.78, 5) is 3.98. The Labute approximate surface area is 102 Å². The van der Waals surface area contributed by atoms with Crippen molar-refractivity contribution in [2.45, 2.75) is 0 Å². The lowest BCUT2D eigenvalue weighted by atomic mass is 10.2. The summed E-state index contributed by atoms with van der Waals surface area (Å²) in [5, 5.41) is 12.0. The van der Waals surface area contributed by atoms with Crippen LogP contribution in [0.1, 0.15) is 5.69 Å². The van der Waals surface area contributed by atoms with E-state index in [-0.39, 0.29) is 0 Å². The smallest absolute Gasteiger partial charge is 0.163 e. The Morgan fingerprint density at radius 2 is 2.12 bits per heavy atom. The van der Waals surface area contributed by atoms with E-state index in [4.69, 9.17) is 5.26 Å². The van der Waals surface area contributed by atoms with E-state index in [0.717, 1.165) is 10.2 Å². The van der Waals surface area contributed by atoms with Gasteiger partial charge in [-0.15, -0.1) is 0 Å². The third-order valence-corrected chi connectivity index (χ3v) is 2.51. The molecule has 0 saturated carbocycles. The number of halogens is 1. The molecule has 0 aliphatic rings. The molecule has 1 aromatic heterocycles. The number of rotatable bonds is 2. The lowest BCUT2D eigenvalue weighted by Crippen LogP contribution is -1.95. The van der Waals surface area contributed by atoms with Crippen molar-refractivity contribution in [3.8, 4) is 6.07 Å². The molecule has 0 bridgehead atoms. The molecule has 4 heteroatoms. The van der Waals surface area contributed by atoms with E-state index >= 15 is 0 Å². The van der Waals surface area contributed by atoms with E-state index in [0.29, 0.717) is 11.4 Å². The molecule has 1 aromatic carbocycles. The highest BCUT2D eigenvalue weighted by Crippen LogP contribution is 2.21. The fourth-order valence-corrected chi connectivity index (χ4v) is 1.72. The van der Waals surface area contributed by atoms with Crippen LogP contribution in [-0.4, -0.2) is 4.98 Å². The first-order chi connectivity index (χ1) is 7.79. The fraction of sp³-hybridized carbons (Fsp3) is 0. The quantitative estimate of drug-likeness (QED) is 0.912. The lowest BCUT2D eigenvalue weighted by molar-refractivity contribution is 1.26. The number of hydrogen-bond acceptors (Lipinski definition) is 3. The van der Waals surface area contributed by atoms with E-state index < -0.39 is 0 Å². The molecular weight excluding hydrogens is 266 g/mol. The van der Waals surface area contributed by atoms with Crippen LogP contribution in [0.25, 0.3) is 0 Å². The molecule has 0 aliphatic heterocycles. The van der Waals surface area contributed by atoms with Crippen molar-refractivity contribution >= 4 is 27.3 Å². The number of nitriles is 1. The molecule has 2 rings (SSSR count). The molecule has 0 unspecified atom stereocenters. The molecule has 0 fully saturated rings. The van der Waals surface area contributed by atoms with Crippen molar-refractivity contribution in [2.75, 3.05) is 5.32 Å². The first kappa shape index (κ1) is 10.7. The average molecular weight is 274 g/mol. The van der Waals surface area contributed by atoms with Crippen LogP contribution in [0.15, 0.2) is 47.1 Å². The minimum Gasteiger partial charge on any atom is -0.353 e. The number of nitrogens with zero attached hydrogens (tertiary/aromatic N) is 2. The van der Waals surface area contributed by atoms with Gasteiger partial charge in [0.05, 0.1) is 5.69 Å². The van der Waals surface area contributed by atoms with Crippen molar-refractivity contribution < 1.29 is 0 Å². The van der Waals surface area contributed by atoms with Gasteiger partial charge < -0.3 is 5.32 Å². The monoisotopic (exact) mass is 273 g/mol. The van der Waals surface area contributed by atoms with Crippen LogP contribution >= 0.6 is 15.9 Å².